The highest BCUT2D eigenvalue weighted by atomic mass is 16.6. The fourth-order valence-corrected chi connectivity index (χ4v) is 4.22. The molecule has 170 valence electrons. The first-order chi connectivity index (χ1) is 16.4. The molecule has 0 aliphatic rings. The normalized spacial score (nSPS) is 11.3. The summed E-state index contributed by atoms with van der Waals surface area (Å²) < 4.78 is 2.17. The smallest absolute Gasteiger partial charge is 0.270 e. The van der Waals surface area contributed by atoms with E-state index in [-0.39, 0.29) is 5.69 Å². The van der Waals surface area contributed by atoms with Gasteiger partial charge in [0, 0.05) is 29.8 Å². The van der Waals surface area contributed by atoms with E-state index >= 15 is 0 Å². The largest absolute Gasteiger partial charge is 0.308 e. The number of nitrogens with zero attached hydrogens (tertiary/aromatic N) is 7. The van der Waals surface area contributed by atoms with E-state index in [1.165, 1.54) is 12.1 Å². The van der Waals surface area contributed by atoms with Crippen LogP contribution in [0.1, 0.15) is 29.6 Å². The van der Waals surface area contributed by atoms with Gasteiger partial charge in [-0.15, -0.1) is 10.2 Å². The average Bonchev–Trinajstić information content (AvgIpc) is 3.48. The highest BCUT2D eigenvalue weighted by molar-refractivity contribution is 5.82. The maximum Gasteiger partial charge on any atom is 0.270 e. The average molecular weight is 454 g/mol. The van der Waals surface area contributed by atoms with Crippen LogP contribution in [-0.4, -0.2) is 40.1 Å². The SMILES string of the molecule is CCc1nc2c(C)cc(C)nc2n1Cc1ccc(-c2ccc([N+](=O)[O-])cc2-c2nn[nH]n2)cc1. The Morgan fingerprint density at radius 1 is 1.03 bits per heavy atom. The number of aryl methyl sites for hydroxylation is 3. The summed E-state index contributed by atoms with van der Waals surface area (Å²) in [5.41, 5.74) is 7.22. The van der Waals surface area contributed by atoms with E-state index in [1.54, 1.807) is 6.07 Å². The maximum absolute atomic E-state index is 11.3. The van der Waals surface area contributed by atoms with Gasteiger partial charge in [0.05, 0.1) is 11.5 Å². The second-order valence-electron chi connectivity index (χ2n) is 8.14. The van der Waals surface area contributed by atoms with E-state index in [4.69, 9.17) is 9.97 Å². The molecule has 2 aromatic carbocycles. The van der Waals surface area contributed by atoms with E-state index < -0.39 is 4.92 Å². The number of tetrazole rings is 1. The van der Waals surface area contributed by atoms with E-state index in [0.29, 0.717) is 17.9 Å². The van der Waals surface area contributed by atoms with Crippen molar-refractivity contribution in [2.45, 2.75) is 33.7 Å². The van der Waals surface area contributed by atoms with Gasteiger partial charge in [-0.25, -0.2) is 9.97 Å². The van der Waals surface area contributed by atoms with Gasteiger partial charge in [0.2, 0.25) is 5.82 Å². The van der Waals surface area contributed by atoms with Crippen molar-refractivity contribution in [1.29, 1.82) is 0 Å². The van der Waals surface area contributed by atoms with Crippen LogP contribution in [0.25, 0.3) is 33.7 Å². The summed E-state index contributed by atoms with van der Waals surface area (Å²) in [6, 6.07) is 14.8. The van der Waals surface area contributed by atoms with Gasteiger partial charge in [-0.3, -0.25) is 10.1 Å². The molecule has 0 fully saturated rings. The summed E-state index contributed by atoms with van der Waals surface area (Å²) in [6.45, 7) is 6.80. The molecule has 10 nitrogen and oxygen atoms in total. The molecule has 0 amide bonds. The summed E-state index contributed by atoms with van der Waals surface area (Å²) in [4.78, 5) is 20.4. The third-order valence-electron chi connectivity index (χ3n) is 5.82. The first-order valence-electron chi connectivity index (χ1n) is 10.9. The fraction of sp³-hybridized carbons (Fsp3) is 0.208. The molecular weight excluding hydrogens is 432 g/mol. The third-order valence-corrected chi connectivity index (χ3v) is 5.82. The molecule has 0 radical (unpaired) electrons. The predicted octanol–water partition coefficient (Wildman–Crippen LogP) is 4.41. The number of aromatic nitrogens is 7. The molecule has 1 N–H and O–H groups in total. The highest BCUT2D eigenvalue weighted by Crippen LogP contribution is 2.33. The lowest BCUT2D eigenvalue weighted by atomic mass is 9.97. The lowest BCUT2D eigenvalue weighted by molar-refractivity contribution is -0.384. The molecule has 0 unspecified atom stereocenters. The number of H-pyrrole nitrogens is 1. The monoisotopic (exact) mass is 454 g/mol. The zero-order chi connectivity index (χ0) is 23.8. The summed E-state index contributed by atoms with van der Waals surface area (Å²) in [6.07, 6.45) is 0.809. The van der Waals surface area contributed by atoms with Crippen molar-refractivity contribution in [3.05, 3.63) is 81.3 Å². The molecule has 3 aromatic heterocycles. The Hall–Kier alpha value is -4.47. The number of pyridine rings is 1. The lowest BCUT2D eigenvalue weighted by Gasteiger charge is -2.11. The molecule has 10 heteroatoms. The Morgan fingerprint density at radius 2 is 1.82 bits per heavy atom. The molecule has 3 heterocycles. The second-order valence-corrected chi connectivity index (χ2v) is 8.14. The number of benzene rings is 2. The Kier molecular flexibility index (Phi) is 5.33. The topological polar surface area (TPSA) is 128 Å². The van der Waals surface area contributed by atoms with Crippen LogP contribution in [0.15, 0.2) is 48.5 Å². The number of fused-ring (bicyclic) bond motifs is 1. The first kappa shape index (κ1) is 21.4. The summed E-state index contributed by atoms with van der Waals surface area (Å²) in [7, 11) is 0. The number of hydrogen-bond acceptors (Lipinski definition) is 7. The Balaban J connectivity index is 1.52. The molecule has 0 aliphatic heterocycles. The van der Waals surface area contributed by atoms with Crippen LogP contribution in [0, 0.1) is 24.0 Å². The second kappa shape index (κ2) is 8.47. The molecule has 0 saturated heterocycles. The van der Waals surface area contributed by atoms with Crippen molar-refractivity contribution in [3.8, 4) is 22.5 Å². The van der Waals surface area contributed by atoms with Crippen molar-refractivity contribution < 1.29 is 4.92 Å². The Bertz CT molecular complexity index is 1500. The molecule has 34 heavy (non-hydrogen) atoms. The Morgan fingerprint density at radius 3 is 2.50 bits per heavy atom. The van der Waals surface area contributed by atoms with Gasteiger partial charge in [-0.1, -0.05) is 31.2 Å². The quantitative estimate of drug-likeness (QED) is 0.297. The van der Waals surface area contributed by atoms with Crippen molar-refractivity contribution >= 4 is 16.9 Å². The van der Waals surface area contributed by atoms with Crippen molar-refractivity contribution in [3.63, 3.8) is 0 Å². The number of nitrogens with one attached hydrogen (secondary N) is 1. The van der Waals surface area contributed by atoms with Crippen LogP contribution in [0.4, 0.5) is 5.69 Å². The highest BCUT2D eigenvalue weighted by Gasteiger charge is 2.17. The standard InChI is InChI=1S/C24H22N8O2/c1-4-21-26-22-14(2)11-15(3)25-24(22)31(21)13-16-5-7-17(8-6-16)19-10-9-18(32(33)34)12-20(19)23-27-29-30-28-23/h5-12H,4,13H2,1-3H3,(H,27,28,29,30). The van der Waals surface area contributed by atoms with Crippen LogP contribution in [0.3, 0.4) is 0 Å². The fourth-order valence-electron chi connectivity index (χ4n) is 4.22. The molecule has 5 rings (SSSR count). The molecule has 0 atom stereocenters. The van der Waals surface area contributed by atoms with E-state index in [0.717, 1.165) is 51.4 Å². The van der Waals surface area contributed by atoms with E-state index in [9.17, 15) is 10.1 Å². The molecule has 0 aliphatic carbocycles. The number of nitro groups is 1. The first-order valence-corrected chi connectivity index (χ1v) is 10.9. The van der Waals surface area contributed by atoms with Crippen LogP contribution in [-0.2, 0) is 13.0 Å². The number of imidazole rings is 1. The van der Waals surface area contributed by atoms with Gasteiger partial charge < -0.3 is 4.57 Å². The van der Waals surface area contributed by atoms with Crippen LogP contribution >= 0.6 is 0 Å². The molecule has 0 saturated carbocycles. The van der Waals surface area contributed by atoms with Gasteiger partial charge in [0.25, 0.3) is 5.69 Å². The number of rotatable bonds is 6. The minimum Gasteiger partial charge on any atom is -0.308 e. The van der Waals surface area contributed by atoms with Crippen LogP contribution < -0.4 is 0 Å². The van der Waals surface area contributed by atoms with Crippen molar-refractivity contribution in [2.75, 3.05) is 0 Å². The van der Waals surface area contributed by atoms with Gasteiger partial charge in [0.1, 0.15) is 11.3 Å². The van der Waals surface area contributed by atoms with Crippen molar-refractivity contribution in [1.82, 2.24) is 35.2 Å². The summed E-state index contributed by atoms with van der Waals surface area (Å²) >= 11 is 0. The molecular formula is C24H22N8O2. The minimum atomic E-state index is -0.436. The predicted molar refractivity (Wildman–Crippen MR) is 127 cm³/mol. The molecule has 5 aromatic rings. The summed E-state index contributed by atoms with van der Waals surface area (Å²) in [5, 5.41) is 25.3. The number of hydrogen-bond donors (Lipinski definition) is 1. The number of non-ortho nitro benzene ring substituents is 1. The molecule has 0 spiro atoms. The zero-order valence-electron chi connectivity index (χ0n) is 19.0. The third kappa shape index (κ3) is 3.79. The zero-order valence-corrected chi connectivity index (χ0v) is 19.0. The van der Waals surface area contributed by atoms with Gasteiger partial charge >= 0.3 is 0 Å². The van der Waals surface area contributed by atoms with E-state index in [2.05, 4.69) is 45.1 Å². The number of aromatic amines is 1. The van der Waals surface area contributed by atoms with Crippen LogP contribution in [0.2, 0.25) is 0 Å². The van der Waals surface area contributed by atoms with Crippen molar-refractivity contribution in [2.24, 2.45) is 0 Å². The number of nitro benzene ring substituents is 1. The van der Waals surface area contributed by atoms with Crippen LogP contribution in [0.5, 0.6) is 0 Å². The maximum atomic E-state index is 11.3. The van der Waals surface area contributed by atoms with E-state index in [1.807, 2.05) is 31.2 Å². The minimum absolute atomic E-state index is 0.0302. The molecule has 0 bridgehead atoms. The van der Waals surface area contributed by atoms with Gasteiger partial charge in [0.15, 0.2) is 5.65 Å². The lowest BCUT2D eigenvalue weighted by Crippen LogP contribution is -2.05. The summed E-state index contributed by atoms with van der Waals surface area (Å²) in [5.74, 6) is 1.30. The van der Waals surface area contributed by atoms with Gasteiger partial charge in [-0.2, -0.15) is 5.21 Å². The Labute approximate surface area is 194 Å². The van der Waals surface area contributed by atoms with Gasteiger partial charge in [-0.05, 0) is 53.4 Å².